The lowest BCUT2D eigenvalue weighted by Gasteiger charge is -2.21. The predicted molar refractivity (Wildman–Crippen MR) is 65.9 cm³/mol. The Labute approximate surface area is 100 Å². The molecule has 0 bridgehead atoms. The Balaban J connectivity index is 2.33. The van der Waals surface area contributed by atoms with Gasteiger partial charge in [-0.1, -0.05) is 18.2 Å². The number of benzene rings is 1. The number of hydrogen-bond donors (Lipinski definition) is 0. The van der Waals surface area contributed by atoms with Gasteiger partial charge in [0.25, 0.3) is 0 Å². The Kier molecular flexibility index (Phi) is 3.31. The first-order valence-electron chi connectivity index (χ1n) is 5.40. The third kappa shape index (κ3) is 2.40. The fourth-order valence-electron chi connectivity index (χ4n) is 1.60. The van der Waals surface area contributed by atoms with Gasteiger partial charge in [0.15, 0.2) is 11.5 Å². The Morgan fingerprint density at radius 1 is 1.18 bits per heavy atom. The Morgan fingerprint density at radius 3 is 2.47 bits per heavy atom. The van der Waals surface area contributed by atoms with E-state index in [0.29, 0.717) is 5.69 Å². The summed E-state index contributed by atoms with van der Waals surface area (Å²) < 4.78 is 0. The van der Waals surface area contributed by atoms with E-state index in [1.54, 1.807) is 6.20 Å². The molecule has 0 saturated carbocycles. The molecule has 4 heteroatoms. The third-order valence-electron chi connectivity index (χ3n) is 2.41. The molecule has 0 saturated heterocycles. The van der Waals surface area contributed by atoms with E-state index >= 15 is 0 Å². The molecule has 2 aromatic rings. The first-order chi connectivity index (χ1) is 8.35. The number of aromatic nitrogens is 2. The van der Waals surface area contributed by atoms with Gasteiger partial charge in [-0.3, -0.25) is 0 Å². The van der Waals surface area contributed by atoms with Crippen LogP contribution in [0.1, 0.15) is 12.6 Å². The Bertz CT molecular complexity index is 513. The number of anilines is 2. The molecular weight excluding hydrogens is 212 g/mol. The zero-order chi connectivity index (χ0) is 12.1. The number of nitrogens with zero attached hydrogens (tertiary/aromatic N) is 4. The van der Waals surface area contributed by atoms with E-state index in [-0.39, 0.29) is 0 Å². The molecule has 1 aromatic carbocycles. The van der Waals surface area contributed by atoms with E-state index in [1.807, 2.05) is 48.2 Å². The van der Waals surface area contributed by atoms with Crippen LogP contribution in [-0.2, 0) is 0 Å². The molecule has 84 valence electrons. The third-order valence-corrected chi connectivity index (χ3v) is 2.41. The predicted octanol–water partition coefficient (Wildman–Crippen LogP) is 2.51. The summed E-state index contributed by atoms with van der Waals surface area (Å²) in [5, 5.41) is 8.68. The highest BCUT2D eigenvalue weighted by molar-refractivity contribution is 5.58. The molecule has 0 radical (unpaired) electrons. The van der Waals surface area contributed by atoms with Crippen molar-refractivity contribution in [3.63, 3.8) is 0 Å². The zero-order valence-electron chi connectivity index (χ0n) is 9.54. The molecule has 2 rings (SSSR count). The SMILES string of the molecule is CCN(c1ccccc1)c1cnc(C#N)cn1. The zero-order valence-corrected chi connectivity index (χ0v) is 9.54. The van der Waals surface area contributed by atoms with Crippen LogP contribution in [0.2, 0.25) is 0 Å². The van der Waals surface area contributed by atoms with Crippen LogP contribution in [0.3, 0.4) is 0 Å². The van der Waals surface area contributed by atoms with E-state index in [2.05, 4.69) is 9.97 Å². The maximum Gasteiger partial charge on any atom is 0.158 e. The van der Waals surface area contributed by atoms with Crippen LogP contribution in [0.25, 0.3) is 0 Å². The second-order valence-corrected chi connectivity index (χ2v) is 3.45. The molecule has 0 spiro atoms. The summed E-state index contributed by atoms with van der Waals surface area (Å²) in [4.78, 5) is 10.3. The summed E-state index contributed by atoms with van der Waals surface area (Å²) in [6.45, 7) is 2.84. The van der Waals surface area contributed by atoms with Gasteiger partial charge in [0.05, 0.1) is 12.4 Å². The maximum absolute atomic E-state index is 8.68. The molecule has 1 heterocycles. The van der Waals surface area contributed by atoms with Crippen molar-refractivity contribution >= 4 is 11.5 Å². The Hall–Kier alpha value is -2.41. The van der Waals surface area contributed by atoms with Gasteiger partial charge < -0.3 is 4.90 Å². The van der Waals surface area contributed by atoms with Crippen molar-refractivity contribution in [1.29, 1.82) is 5.26 Å². The number of nitriles is 1. The molecule has 0 aliphatic heterocycles. The standard InChI is InChI=1S/C13H12N4/c1-2-17(12-6-4-3-5-7-12)13-10-15-11(8-14)9-16-13/h3-7,9-10H,2H2,1H3. The topological polar surface area (TPSA) is 52.8 Å². The summed E-state index contributed by atoms with van der Waals surface area (Å²) in [7, 11) is 0. The normalized spacial score (nSPS) is 9.65. The van der Waals surface area contributed by atoms with Crippen molar-refractivity contribution in [1.82, 2.24) is 9.97 Å². The second-order valence-electron chi connectivity index (χ2n) is 3.45. The minimum Gasteiger partial charge on any atom is -0.325 e. The quantitative estimate of drug-likeness (QED) is 0.803. The highest BCUT2D eigenvalue weighted by atomic mass is 15.2. The van der Waals surface area contributed by atoms with Gasteiger partial charge in [0, 0.05) is 12.2 Å². The molecule has 0 fully saturated rings. The minimum absolute atomic E-state index is 0.331. The molecule has 0 amide bonds. The van der Waals surface area contributed by atoms with Crippen LogP contribution >= 0.6 is 0 Å². The molecule has 0 aliphatic rings. The van der Waals surface area contributed by atoms with Crippen molar-refractivity contribution in [3.05, 3.63) is 48.4 Å². The number of para-hydroxylation sites is 1. The van der Waals surface area contributed by atoms with E-state index in [4.69, 9.17) is 5.26 Å². The van der Waals surface area contributed by atoms with Crippen molar-refractivity contribution in [2.24, 2.45) is 0 Å². The van der Waals surface area contributed by atoms with Gasteiger partial charge in [-0.05, 0) is 19.1 Å². The van der Waals surface area contributed by atoms with Gasteiger partial charge in [-0.25, -0.2) is 9.97 Å². The molecule has 0 atom stereocenters. The highest BCUT2D eigenvalue weighted by Gasteiger charge is 2.08. The van der Waals surface area contributed by atoms with Gasteiger partial charge in [-0.15, -0.1) is 0 Å². The first-order valence-corrected chi connectivity index (χ1v) is 5.40. The smallest absolute Gasteiger partial charge is 0.158 e. The van der Waals surface area contributed by atoms with Crippen molar-refractivity contribution in [2.45, 2.75) is 6.92 Å². The van der Waals surface area contributed by atoms with Crippen LogP contribution in [0.15, 0.2) is 42.7 Å². The molecule has 0 aliphatic carbocycles. The molecule has 17 heavy (non-hydrogen) atoms. The molecule has 4 nitrogen and oxygen atoms in total. The monoisotopic (exact) mass is 224 g/mol. The van der Waals surface area contributed by atoms with Crippen LogP contribution in [0.4, 0.5) is 11.5 Å². The van der Waals surface area contributed by atoms with Crippen molar-refractivity contribution in [3.8, 4) is 6.07 Å². The largest absolute Gasteiger partial charge is 0.325 e. The summed E-state index contributed by atoms with van der Waals surface area (Å²) >= 11 is 0. The van der Waals surface area contributed by atoms with Crippen LogP contribution in [-0.4, -0.2) is 16.5 Å². The van der Waals surface area contributed by atoms with Crippen LogP contribution in [0, 0.1) is 11.3 Å². The highest BCUT2D eigenvalue weighted by Crippen LogP contribution is 2.21. The summed E-state index contributed by atoms with van der Waals surface area (Å²) in [5.41, 5.74) is 1.40. The van der Waals surface area contributed by atoms with Crippen LogP contribution in [0.5, 0.6) is 0 Å². The van der Waals surface area contributed by atoms with E-state index in [9.17, 15) is 0 Å². The fourth-order valence-corrected chi connectivity index (χ4v) is 1.60. The molecule has 1 aromatic heterocycles. The second kappa shape index (κ2) is 5.08. The van der Waals surface area contributed by atoms with E-state index < -0.39 is 0 Å². The minimum atomic E-state index is 0.331. The summed E-state index contributed by atoms with van der Waals surface area (Å²) in [6, 6.07) is 11.9. The number of rotatable bonds is 3. The summed E-state index contributed by atoms with van der Waals surface area (Å²) in [5.74, 6) is 0.748. The van der Waals surface area contributed by atoms with Gasteiger partial charge in [-0.2, -0.15) is 5.26 Å². The van der Waals surface area contributed by atoms with Crippen molar-refractivity contribution < 1.29 is 0 Å². The van der Waals surface area contributed by atoms with E-state index in [0.717, 1.165) is 18.1 Å². The average molecular weight is 224 g/mol. The lowest BCUT2D eigenvalue weighted by Crippen LogP contribution is -2.17. The molecule has 0 unspecified atom stereocenters. The van der Waals surface area contributed by atoms with Gasteiger partial charge >= 0.3 is 0 Å². The lowest BCUT2D eigenvalue weighted by atomic mass is 10.3. The van der Waals surface area contributed by atoms with Crippen molar-refractivity contribution in [2.75, 3.05) is 11.4 Å². The van der Waals surface area contributed by atoms with Gasteiger partial charge in [0.2, 0.25) is 0 Å². The number of hydrogen-bond acceptors (Lipinski definition) is 4. The Morgan fingerprint density at radius 2 is 1.94 bits per heavy atom. The first kappa shape index (κ1) is 11.1. The molecule has 0 N–H and O–H groups in total. The fraction of sp³-hybridized carbons (Fsp3) is 0.154. The van der Waals surface area contributed by atoms with Crippen LogP contribution < -0.4 is 4.90 Å². The maximum atomic E-state index is 8.68. The average Bonchev–Trinajstić information content (AvgIpc) is 2.42. The van der Waals surface area contributed by atoms with Gasteiger partial charge in [0.1, 0.15) is 6.07 Å². The lowest BCUT2D eigenvalue weighted by molar-refractivity contribution is 0.972. The van der Waals surface area contributed by atoms with E-state index in [1.165, 1.54) is 6.20 Å². The molecular formula is C13H12N4. The summed E-state index contributed by atoms with van der Waals surface area (Å²) in [6.07, 6.45) is 3.11.